The van der Waals surface area contributed by atoms with Gasteiger partial charge in [-0.2, -0.15) is 5.10 Å². The Kier molecular flexibility index (Phi) is 3.71. The maximum atomic E-state index is 5.94. The molecular weight excluding hydrogens is 250 g/mol. The normalized spacial score (nSPS) is 16.6. The van der Waals surface area contributed by atoms with Gasteiger partial charge in [0, 0.05) is 37.9 Å². The van der Waals surface area contributed by atoms with Gasteiger partial charge in [-0.15, -0.1) is 0 Å². The van der Waals surface area contributed by atoms with Crippen LogP contribution in [0.2, 0.25) is 0 Å². The summed E-state index contributed by atoms with van der Waals surface area (Å²) in [6.45, 7) is 2.48. The molecule has 20 heavy (non-hydrogen) atoms. The summed E-state index contributed by atoms with van der Waals surface area (Å²) in [5, 5.41) is 4.68. The first kappa shape index (κ1) is 13.1. The van der Waals surface area contributed by atoms with Crippen LogP contribution in [-0.4, -0.2) is 28.9 Å². The molecule has 0 atom stereocenters. The Morgan fingerprint density at radius 2 is 1.90 bits per heavy atom. The van der Waals surface area contributed by atoms with Crippen LogP contribution in [0, 0.1) is 0 Å². The fourth-order valence-corrected chi connectivity index (χ4v) is 2.65. The molecule has 106 valence electrons. The fourth-order valence-electron chi connectivity index (χ4n) is 2.65. The number of anilines is 1. The quantitative estimate of drug-likeness (QED) is 0.881. The van der Waals surface area contributed by atoms with Gasteiger partial charge in [0.2, 0.25) is 0 Å². The van der Waals surface area contributed by atoms with Crippen molar-refractivity contribution in [2.75, 3.05) is 18.0 Å². The highest BCUT2D eigenvalue weighted by atomic mass is 15.3. The van der Waals surface area contributed by atoms with Crippen LogP contribution in [-0.2, 0) is 6.54 Å². The minimum atomic E-state index is 0.339. The van der Waals surface area contributed by atoms with Crippen molar-refractivity contribution in [1.82, 2.24) is 9.78 Å². The minimum Gasteiger partial charge on any atom is -0.355 e. The van der Waals surface area contributed by atoms with Crippen LogP contribution in [0.1, 0.15) is 18.4 Å². The van der Waals surface area contributed by atoms with Crippen molar-refractivity contribution >= 4 is 5.82 Å². The smallest absolute Gasteiger partial charge is 0.151 e. The van der Waals surface area contributed by atoms with E-state index in [1.165, 1.54) is 0 Å². The summed E-state index contributed by atoms with van der Waals surface area (Å²) in [6.07, 6.45) is 4.07. The van der Waals surface area contributed by atoms with Crippen LogP contribution < -0.4 is 16.4 Å². The molecule has 0 amide bonds. The molecule has 0 unspecified atom stereocenters. The number of aromatic nitrogens is 2. The molecule has 1 aliphatic heterocycles. The predicted molar refractivity (Wildman–Crippen MR) is 80.9 cm³/mol. The predicted octanol–water partition coefficient (Wildman–Crippen LogP) is 1.26. The molecule has 1 aromatic carbocycles. The lowest BCUT2D eigenvalue weighted by Gasteiger charge is -2.30. The minimum absolute atomic E-state index is 0.339. The first-order valence-corrected chi connectivity index (χ1v) is 7.12. The van der Waals surface area contributed by atoms with Crippen molar-refractivity contribution in [3.05, 3.63) is 42.1 Å². The van der Waals surface area contributed by atoms with E-state index in [-0.39, 0.29) is 0 Å². The van der Waals surface area contributed by atoms with Crippen LogP contribution >= 0.6 is 0 Å². The molecule has 0 saturated carbocycles. The third-order valence-electron chi connectivity index (χ3n) is 3.90. The molecule has 1 aromatic heterocycles. The lowest BCUT2D eigenvalue weighted by molar-refractivity contribution is 0.498. The van der Waals surface area contributed by atoms with Crippen LogP contribution in [0.3, 0.4) is 0 Å². The Labute approximate surface area is 119 Å². The number of piperidine rings is 1. The molecular formula is C15H21N5. The van der Waals surface area contributed by atoms with E-state index >= 15 is 0 Å². The van der Waals surface area contributed by atoms with Gasteiger partial charge in [-0.1, -0.05) is 18.2 Å². The monoisotopic (exact) mass is 271 g/mol. The fraction of sp³-hybridized carbons (Fsp3) is 0.400. The summed E-state index contributed by atoms with van der Waals surface area (Å²) in [7, 11) is 0. The summed E-state index contributed by atoms with van der Waals surface area (Å²) >= 11 is 0. The Bertz CT molecular complexity index is 569. The first-order valence-electron chi connectivity index (χ1n) is 7.12. The van der Waals surface area contributed by atoms with Crippen molar-refractivity contribution in [2.45, 2.75) is 25.4 Å². The zero-order valence-corrected chi connectivity index (χ0v) is 11.6. The maximum Gasteiger partial charge on any atom is 0.151 e. The summed E-state index contributed by atoms with van der Waals surface area (Å²) in [4.78, 5) is 2.30. The molecule has 3 rings (SSSR count). The van der Waals surface area contributed by atoms with Crippen molar-refractivity contribution in [1.29, 1.82) is 0 Å². The first-order chi connectivity index (χ1) is 9.78. The molecule has 0 bridgehead atoms. The van der Waals surface area contributed by atoms with E-state index < -0.39 is 0 Å². The summed E-state index contributed by atoms with van der Waals surface area (Å²) in [6, 6.07) is 10.5. The second-order valence-electron chi connectivity index (χ2n) is 5.28. The number of nitrogens with zero attached hydrogens (tertiary/aromatic N) is 3. The number of hydrogen-bond acceptors (Lipinski definition) is 4. The zero-order valence-electron chi connectivity index (χ0n) is 11.6. The van der Waals surface area contributed by atoms with Crippen LogP contribution in [0.4, 0.5) is 5.82 Å². The summed E-state index contributed by atoms with van der Waals surface area (Å²) < 4.78 is 1.91. The van der Waals surface area contributed by atoms with Gasteiger partial charge in [0.25, 0.3) is 0 Å². The highest BCUT2D eigenvalue weighted by Gasteiger charge is 2.18. The van der Waals surface area contributed by atoms with Gasteiger partial charge < -0.3 is 16.4 Å². The number of nitrogens with two attached hydrogens (primary N) is 2. The Morgan fingerprint density at radius 3 is 2.65 bits per heavy atom. The maximum absolute atomic E-state index is 5.94. The van der Waals surface area contributed by atoms with E-state index in [2.05, 4.69) is 16.1 Å². The largest absolute Gasteiger partial charge is 0.355 e. The van der Waals surface area contributed by atoms with Gasteiger partial charge in [0.15, 0.2) is 5.82 Å². The molecule has 2 aromatic rings. The second-order valence-corrected chi connectivity index (χ2v) is 5.28. The average Bonchev–Trinajstić information content (AvgIpc) is 2.97. The molecule has 1 saturated heterocycles. The molecule has 1 aliphatic rings. The average molecular weight is 271 g/mol. The molecule has 5 heteroatoms. The van der Waals surface area contributed by atoms with Gasteiger partial charge in [-0.3, -0.25) is 0 Å². The third kappa shape index (κ3) is 2.55. The van der Waals surface area contributed by atoms with Crippen molar-refractivity contribution in [2.24, 2.45) is 11.5 Å². The van der Waals surface area contributed by atoms with Gasteiger partial charge in [-0.25, -0.2) is 4.68 Å². The second kappa shape index (κ2) is 5.64. The van der Waals surface area contributed by atoms with Crippen LogP contribution in [0.15, 0.2) is 36.5 Å². The molecule has 2 heterocycles. The molecule has 4 N–H and O–H groups in total. The Balaban J connectivity index is 1.83. The molecule has 1 fully saturated rings. The standard InChI is InChI=1S/C15H21N5/c16-11-12-3-1-2-4-14(12)20-10-7-15(18-20)19-8-5-13(17)6-9-19/h1-4,7,10,13H,5-6,8-9,11,16-17H2. The molecule has 0 radical (unpaired) electrons. The summed E-state index contributed by atoms with van der Waals surface area (Å²) in [5.74, 6) is 1.02. The lowest BCUT2D eigenvalue weighted by Crippen LogP contribution is -2.39. The van der Waals surface area contributed by atoms with E-state index in [0.29, 0.717) is 12.6 Å². The van der Waals surface area contributed by atoms with Crippen LogP contribution in [0.5, 0.6) is 0 Å². The van der Waals surface area contributed by atoms with E-state index in [4.69, 9.17) is 11.5 Å². The van der Waals surface area contributed by atoms with Crippen LogP contribution in [0.25, 0.3) is 5.69 Å². The van der Waals surface area contributed by atoms with Crippen molar-refractivity contribution < 1.29 is 0 Å². The van der Waals surface area contributed by atoms with E-state index in [9.17, 15) is 0 Å². The topological polar surface area (TPSA) is 73.1 Å². The Morgan fingerprint density at radius 1 is 1.15 bits per heavy atom. The number of para-hydroxylation sites is 1. The van der Waals surface area contributed by atoms with Crippen molar-refractivity contribution in [3.8, 4) is 5.69 Å². The molecule has 0 spiro atoms. The highest BCUT2D eigenvalue weighted by molar-refractivity contribution is 5.44. The molecule has 0 aliphatic carbocycles. The third-order valence-corrected chi connectivity index (χ3v) is 3.90. The van der Waals surface area contributed by atoms with Gasteiger partial charge in [0.05, 0.1) is 5.69 Å². The van der Waals surface area contributed by atoms with E-state index in [0.717, 1.165) is 43.0 Å². The molecule has 5 nitrogen and oxygen atoms in total. The van der Waals surface area contributed by atoms with Crippen molar-refractivity contribution in [3.63, 3.8) is 0 Å². The van der Waals surface area contributed by atoms with Gasteiger partial charge >= 0.3 is 0 Å². The Hall–Kier alpha value is -1.85. The van der Waals surface area contributed by atoms with E-state index in [1.54, 1.807) is 0 Å². The SMILES string of the molecule is NCc1ccccc1-n1ccc(N2CCC(N)CC2)n1. The van der Waals surface area contributed by atoms with E-state index in [1.807, 2.05) is 35.1 Å². The number of rotatable bonds is 3. The number of benzene rings is 1. The summed E-state index contributed by atoms with van der Waals surface area (Å²) in [5.41, 5.74) is 13.9. The highest BCUT2D eigenvalue weighted by Crippen LogP contribution is 2.20. The van der Waals surface area contributed by atoms with Gasteiger partial charge in [0.1, 0.15) is 0 Å². The number of hydrogen-bond donors (Lipinski definition) is 2. The van der Waals surface area contributed by atoms with Gasteiger partial charge in [-0.05, 0) is 24.5 Å². The lowest BCUT2D eigenvalue weighted by atomic mass is 10.1. The zero-order chi connectivity index (χ0) is 13.9.